The van der Waals surface area contributed by atoms with E-state index in [1.807, 2.05) is 0 Å². The van der Waals surface area contributed by atoms with Gasteiger partial charge in [-0.15, -0.1) is 0 Å². The summed E-state index contributed by atoms with van der Waals surface area (Å²) >= 11 is 0. The second kappa shape index (κ2) is 4.77. The average Bonchev–Trinajstić information content (AvgIpc) is 3.01. The summed E-state index contributed by atoms with van der Waals surface area (Å²) < 4.78 is 10.7. The molecule has 0 aliphatic carbocycles. The van der Waals surface area contributed by atoms with Crippen LogP contribution in [0.2, 0.25) is 0 Å². The predicted molar refractivity (Wildman–Crippen MR) is 67.7 cm³/mol. The zero-order valence-corrected chi connectivity index (χ0v) is 10.8. The lowest BCUT2D eigenvalue weighted by molar-refractivity contribution is 0.0526. The van der Waals surface area contributed by atoms with Crippen LogP contribution in [0.5, 0.6) is 0 Å². The lowest BCUT2D eigenvalue weighted by atomic mass is 9.88. The maximum Gasteiger partial charge on any atom is 0.343 e. The number of carbonyl (C=O) groups excluding carboxylic acids is 1. The van der Waals surface area contributed by atoms with Crippen LogP contribution in [0, 0.1) is 0 Å². The van der Waals surface area contributed by atoms with Gasteiger partial charge in [0.2, 0.25) is 0 Å². The van der Waals surface area contributed by atoms with Crippen molar-refractivity contribution in [3.63, 3.8) is 0 Å². The Balaban J connectivity index is 1.81. The molecule has 0 radical (unpaired) electrons. The van der Waals surface area contributed by atoms with Crippen molar-refractivity contribution >= 4 is 11.8 Å². The van der Waals surface area contributed by atoms with E-state index >= 15 is 0 Å². The summed E-state index contributed by atoms with van der Waals surface area (Å²) in [6.07, 6.45) is 5.13. The number of hydrogen-bond acceptors (Lipinski definition) is 6. The third-order valence-corrected chi connectivity index (χ3v) is 3.77. The minimum Gasteiger partial charge on any atom is -0.462 e. The fourth-order valence-electron chi connectivity index (χ4n) is 2.86. The molecular formula is C13H17N3O3. The van der Waals surface area contributed by atoms with Crippen molar-refractivity contribution in [3.05, 3.63) is 17.6 Å². The topological polar surface area (TPSA) is 87.3 Å². The maximum absolute atomic E-state index is 11.6. The molecule has 1 aromatic rings. The highest BCUT2D eigenvalue weighted by atomic mass is 16.5. The summed E-state index contributed by atoms with van der Waals surface area (Å²) in [6, 6.07) is 0. The minimum atomic E-state index is -0.476. The first-order chi connectivity index (χ1) is 9.19. The van der Waals surface area contributed by atoms with Gasteiger partial charge in [-0.3, -0.25) is 0 Å². The fraction of sp³-hybridized carbons (Fsp3) is 0.615. The van der Waals surface area contributed by atoms with Gasteiger partial charge in [0.25, 0.3) is 0 Å². The highest BCUT2D eigenvalue weighted by Gasteiger charge is 2.43. The van der Waals surface area contributed by atoms with E-state index in [9.17, 15) is 4.79 Å². The van der Waals surface area contributed by atoms with E-state index in [1.54, 1.807) is 6.92 Å². The number of nitrogens with zero attached hydrogens (tertiary/aromatic N) is 2. The van der Waals surface area contributed by atoms with Crippen LogP contribution >= 0.6 is 0 Å². The molecule has 2 aliphatic rings. The van der Waals surface area contributed by atoms with E-state index in [0.717, 1.165) is 19.3 Å². The van der Waals surface area contributed by atoms with Crippen LogP contribution in [0.3, 0.4) is 0 Å². The number of rotatable bonds is 3. The molecule has 2 N–H and O–H groups in total. The Hall–Kier alpha value is -1.69. The zero-order valence-electron chi connectivity index (χ0n) is 10.8. The first-order valence-corrected chi connectivity index (χ1v) is 6.64. The van der Waals surface area contributed by atoms with Crippen molar-refractivity contribution in [3.8, 4) is 0 Å². The number of carbonyl (C=O) groups is 1. The van der Waals surface area contributed by atoms with Crippen LogP contribution in [0.1, 0.15) is 48.3 Å². The molecule has 0 saturated carbocycles. The van der Waals surface area contributed by atoms with Crippen molar-refractivity contribution in [2.45, 2.75) is 44.3 Å². The molecular weight excluding hydrogens is 246 g/mol. The zero-order chi connectivity index (χ0) is 13.4. The summed E-state index contributed by atoms with van der Waals surface area (Å²) in [6.45, 7) is 2.05. The molecule has 3 unspecified atom stereocenters. The Morgan fingerprint density at radius 1 is 1.58 bits per heavy atom. The summed E-state index contributed by atoms with van der Waals surface area (Å²) in [4.78, 5) is 20.2. The van der Waals surface area contributed by atoms with E-state index in [1.165, 1.54) is 6.20 Å². The second-order valence-corrected chi connectivity index (χ2v) is 4.96. The first-order valence-electron chi connectivity index (χ1n) is 6.64. The molecule has 19 heavy (non-hydrogen) atoms. The van der Waals surface area contributed by atoms with Crippen LogP contribution in [-0.2, 0) is 9.47 Å². The summed E-state index contributed by atoms with van der Waals surface area (Å²) in [7, 11) is 0. The van der Waals surface area contributed by atoms with E-state index in [-0.39, 0.29) is 23.4 Å². The van der Waals surface area contributed by atoms with Gasteiger partial charge in [0.15, 0.2) is 0 Å². The van der Waals surface area contributed by atoms with Crippen LogP contribution in [-0.4, -0.2) is 34.8 Å². The molecule has 2 fully saturated rings. The standard InChI is InChI=1S/C13H17N3O3/c1-2-18-13(17)9-6-15-12(16-11(9)14)8-5-7-3-4-10(8)19-7/h6-8,10H,2-5H2,1H3,(H2,14,15,16). The first kappa shape index (κ1) is 12.3. The average molecular weight is 263 g/mol. The van der Waals surface area contributed by atoms with Crippen molar-refractivity contribution < 1.29 is 14.3 Å². The number of esters is 1. The molecule has 6 heteroatoms. The van der Waals surface area contributed by atoms with Gasteiger partial charge in [-0.25, -0.2) is 14.8 Å². The largest absolute Gasteiger partial charge is 0.462 e. The summed E-state index contributed by atoms with van der Waals surface area (Å²) in [5.74, 6) is 0.594. The highest BCUT2D eigenvalue weighted by Crippen LogP contribution is 2.43. The number of nitrogen functional groups attached to an aromatic ring is 1. The summed E-state index contributed by atoms with van der Waals surface area (Å²) in [5.41, 5.74) is 6.06. The molecule has 2 aliphatic heterocycles. The molecule has 0 aromatic carbocycles. The number of nitrogens with two attached hydrogens (primary N) is 1. The fourth-order valence-corrected chi connectivity index (χ4v) is 2.86. The normalized spacial score (nSPS) is 28.6. The molecule has 102 valence electrons. The Kier molecular flexibility index (Phi) is 3.10. The van der Waals surface area contributed by atoms with Gasteiger partial charge in [-0.1, -0.05) is 0 Å². The van der Waals surface area contributed by atoms with Gasteiger partial charge in [0.1, 0.15) is 17.2 Å². The quantitative estimate of drug-likeness (QED) is 0.826. The maximum atomic E-state index is 11.6. The van der Waals surface area contributed by atoms with Gasteiger partial charge in [0.05, 0.1) is 18.8 Å². The third-order valence-electron chi connectivity index (χ3n) is 3.77. The monoisotopic (exact) mass is 263 g/mol. The third kappa shape index (κ3) is 2.16. The molecule has 1 aromatic heterocycles. The molecule has 3 rings (SSSR count). The van der Waals surface area contributed by atoms with Crippen LogP contribution in [0.25, 0.3) is 0 Å². The highest BCUT2D eigenvalue weighted by molar-refractivity contribution is 5.93. The van der Waals surface area contributed by atoms with E-state index in [4.69, 9.17) is 15.2 Å². The Morgan fingerprint density at radius 3 is 3.00 bits per heavy atom. The van der Waals surface area contributed by atoms with Crippen LogP contribution in [0.4, 0.5) is 5.82 Å². The molecule has 3 atom stereocenters. The van der Waals surface area contributed by atoms with Crippen molar-refractivity contribution in [1.29, 1.82) is 0 Å². The predicted octanol–water partition coefficient (Wildman–Crippen LogP) is 1.27. The molecule has 6 nitrogen and oxygen atoms in total. The summed E-state index contributed by atoms with van der Waals surface area (Å²) in [5, 5.41) is 0. The van der Waals surface area contributed by atoms with Gasteiger partial charge in [-0.2, -0.15) is 0 Å². The van der Waals surface area contributed by atoms with Crippen molar-refractivity contribution in [1.82, 2.24) is 9.97 Å². The number of aromatic nitrogens is 2. The van der Waals surface area contributed by atoms with Crippen molar-refractivity contribution in [2.75, 3.05) is 12.3 Å². The van der Waals surface area contributed by atoms with Crippen LogP contribution in [0.15, 0.2) is 6.20 Å². The van der Waals surface area contributed by atoms with Gasteiger partial charge in [0, 0.05) is 12.1 Å². The number of fused-ring (bicyclic) bond motifs is 2. The smallest absolute Gasteiger partial charge is 0.343 e. The number of anilines is 1. The molecule has 2 saturated heterocycles. The SMILES string of the molecule is CCOC(=O)c1cnc(C2CC3CCC2O3)nc1N. The minimum absolute atomic E-state index is 0.186. The lowest BCUT2D eigenvalue weighted by Crippen LogP contribution is -2.19. The Bertz CT molecular complexity index is 506. The molecule has 3 heterocycles. The Labute approximate surface area is 111 Å². The van der Waals surface area contributed by atoms with E-state index in [2.05, 4.69) is 9.97 Å². The second-order valence-electron chi connectivity index (χ2n) is 4.96. The van der Waals surface area contributed by atoms with Crippen molar-refractivity contribution in [2.24, 2.45) is 0 Å². The molecule has 0 spiro atoms. The molecule has 0 amide bonds. The van der Waals surface area contributed by atoms with E-state index < -0.39 is 5.97 Å². The number of ether oxygens (including phenoxy) is 2. The molecule has 2 bridgehead atoms. The van der Waals surface area contributed by atoms with Gasteiger partial charge >= 0.3 is 5.97 Å². The van der Waals surface area contributed by atoms with Gasteiger partial charge in [-0.05, 0) is 26.2 Å². The van der Waals surface area contributed by atoms with Crippen LogP contribution < -0.4 is 5.73 Å². The lowest BCUT2D eigenvalue weighted by Gasteiger charge is -2.17. The van der Waals surface area contributed by atoms with Gasteiger partial charge < -0.3 is 15.2 Å². The Morgan fingerprint density at radius 2 is 2.42 bits per heavy atom. The number of hydrogen-bond donors (Lipinski definition) is 1. The van der Waals surface area contributed by atoms with E-state index in [0.29, 0.717) is 18.5 Å².